The first kappa shape index (κ1) is 10.6. The zero-order valence-corrected chi connectivity index (χ0v) is 9.34. The van der Waals surface area contributed by atoms with Gasteiger partial charge < -0.3 is 9.47 Å². The largest absolute Gasteiger partial charge is 0.496 e. The highest BCUT2D eigenvalue weighted by atomic mass is 32.1. The van der Waals surface area contributed by atoms with E-state index in [0.29, 0.717) is 5.75 Å². The lowest BCUT2D eigenvalue weighted by molar-refractivity contribution is -0.116. The fourth-order valence-electron chi connectivity index (χ4n) is 1.35. The van der Waals surface area contributed by atoms with Crippen molar-refractivity contribution >= 4 is 29.4 Å². The molecular weight excluding hydrogens is 226 g/mol. The van der Waals surface area contributed by atoms with Gasteiger partial charge in [-0.15, -0.1) is 0 Å². The molecule has 0 atom stereocenters. The number of carbonyl (C=O) groups excluding carboxylic acids is 1. The van der Waals surface area contributed by atoms with Gasteiger partial charge in [0.25, 0.3) is 11.1 Å². The summed E-state index contributed by atoms with van der Waals surface area (Å²) < 4.78 is 10.2. The molecule has 0 unspecified atom stereocenters. The molecule has 1 fully saturated rings. The van der Waals surface area contributed by atoms with Crippen molar-refractivity contribution in [3.05, 3.63) is 35.6 Å². The number of para-hydroxylation sites is 1. The molecule has 1 amide bonds. The number of ether oxygens (including phenoxy) is 2. The van der Waals surface area contributed by atoms with Crippen molar-refractivity contribution in [2.24, 2.45) is 0 Å². The van der Waals surface area contributed by atoms with E-state index in [-0.39, 0.29) is 16.8 Å². The molecule has 0 saturated carbocycles. The van der Waals surface area contributed by atoms with Gasteiger partial charge in [0.1, 0.15) is 5.75 Å². The van der Waals surface area contributed by atoms with Gasteiger partial charge in [0.15, 0.2) is 5.76 Å². The van der Waals surface area contributed by atoms with Gasteiger partial charge in [-0.05, 0) is 24.4 Å². The molecule has 82 valence electrons. The number of hydrogen-bond donors (Lipinski definition) is 1. The number of hydrogen-bond acceptors (Lipinski definition) is 4. The molecule has 0 spiro atoms. The van der Waals surface area contributed by atoms with Gasteiger partial charge >= 0.3 is 0 Å². The summed E-state index contributed by atoms with van der Waals surface area (Å²) >= 11 is 4.72. The van der Waals surface area contributed by atoms with Crippen LogP contribution >= 0.6 is 12.2 Å². The van der Waals surface area contributed by atoms with E-state index in [0.717, 1.165) is 5.56 Å². The first-order valence-corrected chi connectivity index (χ1v) is 4.99. The Hall–Kier alpha value is -1.88. The predicted molar refractivity (Wildman–Crippen MR) is 62.8 cm³/mol. The molecule has 1 aromatic rings. The van der Waals surface area contributed by atoms with Crippen molar-refractivity contribution in [3.63, 3.8) is 0 Å². The molecule has 1 aliphatic rings. The van der Waals surface area contributed by atoms with Crippen molar-refractivity contribution in [2.45, 2.75) is 0 Å². The second-order valence-corrected chi connectivity index (χ2v) is 3.46. The van der Waals surface area contributed by atoms with Crippen LogP contribution in [-0.4, -0.2) is 18.2 Å². The van der Waals surface area contributed by atoms with Crippen molar-refractivity contribution in [1.82, 2.24) is 5.32 Å². The molecule has 1 saturated heterocycles. The highest BCUT2D eigenvalue weighted by Gasteiger charge is 2.23. The smallest absolute Gasteiger partial charge is 0.294 e. The molecule has 0 aromatic heterocycles. The Bertz CT molecular complexity index is 482. The minimum Gasteiger partial charge on any atom is -0.496 e. The molecule has 0 aliphatic carbocycles. The molecule has 1 N–H and O–H groups in total. The first-order chi connectivity index (χ1) is 7.70. The number of amides is 1. The molecule has 4 nitrogen and oxygen atoms in total. The van der Waals surface area contributed by atoms with Crippen LogP contribution in [0.1, 0.15) is 5.56 Å². The summed E-state index contributed by atoms with van der Waals surface area (Å²) in [5.74, 6) is 0.509. The summed E-state index contributed by atoms with van der Waals surface area (Å²) in [7, 11) is 1.57. The molecule has 0 radical (unpaired) electrons. The number of rotatable bonds is 2. The molecule has 5 heteroatoms. The third-order valence-corrected chi connectivity index (χ3v) is 2.25. The van der Waals surface area contributed by atoms with Gasteiger partial charge in [-0.2, -0.15) is 0 Å². The maximum Gasteiger partial charge on any atom is 0.294 e. The quantitative estimate of drug-likeness (QED) is 0.623. The Morgan fingerprint density at radius 1 is 1.44 bits per heavy atom. The van der Waals surface area contributed by atoms with E-state index in [4.69, 9.17) is 21.7 Å². The van der Waals surface area contributed by atoms with Gasteiger partial charge in [-0.3, -0.25) is 10.1 Å². The average molecular weight is 235 g/mol. The molecule has 16 heavy (non-hydrogen) atoms. The average Bonchev–Trinajstić information content (AvgIpc) is 2.58. The van der Waals surface area contributed by atoms with Gasteiger partial charge in [0.05, 0.1) is 7.11 Å². The van der Waals surface area contributed by atoms with Crippen LogP contribution in [0.5, 0.6) is 5.75 Å². The van der Waals surface area contributed by atoms with Crippen LogP contribution in [0.3, 0.4) is 0 Å². The van der Waals surface area contributed by atoms with E-state index < -0.39 is 0 Å². The van der Waals surface area contributed by atoms with Gasteiger partial charge in [0, 0.05) is 5.56 Å². The third-order valence-electron chi connectivity index (χ3n) is 2.07. The minimum atomic E-state index is -0.337. The van der Waals surface area contributed by atoms with E-state index in [9.17, 15) is 4.79 Å². The summed E-state index contributed by atoms with van der Waals surface area (Å²) in [4.78, 5) is 11.4. The normalized spacial score (nSPS) is 17.2. The van der Waals surface area contributed by atoms with Crippen LogP contribution < -0.4 is 10.1 Å². The van der Waals surface area contributed by atoms with Crippen molar-refractivity contribution in [1.29, 1.82) is 0 Å². The first-order valence-electron chi connectivity index (χ1n) is 4.58. The topological polar surface area (TPSA) is 47.6 Å². The maximum atomic E-state index is 11.4. The lowest BCUT2D eigenvalue weighted by atomic mass is 10.2. The SMILES string of the molecule is COc1ccccc1/C=C1\OC(=S)NC1=O. The molecule has 1 aliphatic heterocycles. The van der Waals surface area contributed by atoms with Gasteiger partial charge in [-0.1, -0.05) is 18.2 Å². The van der Waals surface area contributed by atoms with Gasteiger partial charge in [-0.25, -0.2) is 0 Å². The summed E-state index contributed by atoms with van der Waals surface area (Å²) in [5, 5.41) is 2.46. The fraction of sp³-hybridized carbons (Fsp3) is 0.0909. The predicted octanol–water partition coefficient (Wildman–Crippen LogP) is 1.47. The number of nitrogens with one attached hydrogen (secondary N) is 1. The summed E-state index contributed by atoms with van der Waals surface area (Å²) in [6.07, 6.45) is 1.59. The lowest BCUT2D eigenvalue weighted by Crippen LogP contribution is -2.18. The summed E-state index contributed by atoms with van der Waals surface area (Å²) in [5.41, 5.74) is 0.764. The number of carbonyl (C=O) groups is 1. The highest BCUT2D eigenvalue weighted by Crippen LogP contribution is 2.21. The van der Waals surface area contributed by atoms with E-state index in [2.05, 4.69) is 5.32 Å². The molecule has 0 bridgehead atoms. The van der Waals surface area contributed by atoms with Crippen LogP contribution in [0.25, 0.3) is 6.08 Å². The Morgan fingerprint density at radius 2 is 2.19 bits per heavy atom. The highest BCUT2D eigenvalue weighted by molar-refractivity contribution is 7.80. The Balaban J connectivity index is 2.36. The second kappa shape index (κ2) is 4.32. The fourth-order valence-corrected chi connectivity index (χ4v) is 1.53. The van der Waals surface area contributed by atoms with Crippen LogP contribution in [0, 0.1) is 0 Å². The maximum absolute atomic E-state index is 11.4. The molecule has 1 aromatic carbocycles. The number of methoxy groups -OCH3 is 1. The number of thiocarbonyl (C=S) groups is 1. The van der Waals surface area contributed by atoms with Crippen LogP contribution in [0.4, 0.5) is 0 Å². The number of benzene rings is 1. The standard InChI is InChI=1S/C11H9NO3S/c1-14-8-5-3-2-4-7(8)6-9-10(13)12-11(16)15-9/h2-6H,1H3,(H,12,13,16)/b9-6-. The third kappa shape index (κ3) is 2.04. The zero-order chi connectivity index (χ0) is 11.5. The van der Waals surface area contributed by atoms with E-state index in [1.54, 1.807) is 19.3 Å². The minimum absolute atomic E-state index is 0.0751. The van der Waals surface area contributed by atoms with Crippen molar-refractivity contribution < 1.29 is 14.3 Å². The Labute approximate surface area is 97.9 Å². The lowest BCUT2D eigenvalue weighted by Gasteiger charge is -2.03. The summed E-state index contributed by atoms with van der Waals surface area (Å²) in [6.45, 7) is 0. The van der Waals surface area contributed by atoms with Gasteiger partial charge in [0.2, 0.25) is 0 Å². The van der Waals surface area contributed by atoms with Crippen LogP contribution in [-0.2, 0) is 9.53 Å². The van der Waals surface area contributed by atoms with E-state index in [1.165, 1.54) is 0 Å². The van der Waals surface area contributed by atoms with Crippen LogP contribution in [0.2, 0.25) is 0 Å². The van der Waals surface area contributed by atoms with Crippen molar-refractivity contribution in [2.75, 3.05) is 7.11 Å². The second-order valence-electron chi connectivity index (χ2n) is 3.09. The molecule has 1 heterocycles. The Kier molecular flexibility index (Phi) is 2.87. The summed E-state index contributed by atoms with van der Waals surface area (Å²) in [6, 6.07) is 7.32. The molecular formula is C11H9NO3S. The van der Waals surface area contributed by atoms with Crippen LogP contribution in [0.15, 0.2) is 30.0 Å². The van der Waals surface area contributed by atoms with E-state index >= 15 is 0 Å². The van der Waals surface area contributed by atoms with Crippen molar-refractivity contribution in [3.8, 4) is 5.75 Å². The Morgan fingerprint density at radius 3 is 2.81 bits per heavy atom. The monoisotopic (exact) mass is 235 g/mol. The zero-order valence-electron chi connectivity index (χ0n) is 8.52. The molecule has 2 rings (SSSR count). The van der Waals surface area contributed by atoms with E-state index in [1.807, 2.05) is 18.2 Å².